The Kier molecular flexibility index (Phi) is 10.5. The summed E-state index contributed by atoms with van der Waals surface area (Å²) >= 11 is 1.97. The first-order valence-corrected chi connectivity index (χ1v) is 13.9. The third-order valence-corrected chi connectivity index (χ3v) is 7.83. The molecule has 184 valence electrons. The molecule has 5 nitrogen and oxygen atoms in total. The molecule has 0 spiro atoms. The van der Waals surface area contributed by atoms with E-state index >= 15 is 0 Å². The van der Waals surface area contributed by atoms with E-state index in [1.807, 2.05) is 52.9 Å². The van der Waals surface area contributed by atoms with Gasteiger partial charge in [-0.05, 0) is 66.9 Å². The Morgan fingerprint density at radius 2 is 1.31 bits per heavy atom. The van der Waals surface area contributed by atoms with Crippen molar-refractivity contribution < 1.29 is 23.8 Å². The Labute approximate surface area is 223 Å². The molecule has 3 rings (SSSR count). The maximum atomic E-state index is 11.9. The number of halogens is 1. The number of benzene rings is 3. The van der Waals surface area contributed by atoms with Gasteiger partial charge in [0, 0.05) is 0 Å². The van der Waals surface area contributed by atoms with E-state index in [2.05, 4.69) is 62.4 Å². The minimum absolute atomic E-state index is 0.00566. The average Bonchev–Trinajstić information content (AvgIpc) is 2.87. The highest BCUT2D eigenvalue weighted by atomic mass is 127. The first-order valence-electron chi connectivity index (χ1n) is 11.4. The van der Waals surface area contributed by atoms with Crippen LogP contribution in [0, 0.1) is 0 Å². The predicted molar refractivity (Wildman–Crippen MR) is 146 cm³/mol. The van der Waals surface area contributed by atoms with Crippen LogP contribution in [0.5, 0.6) is 5.75 Å². The molecule has 0 saturated carbocycles. The summed E-state index contributed by atoms with van der Waals surface area (Å²) in [5, 5.41) is 0. The van der Waals surface area contributed by atoms with Gasteiger partial charge in [-0.15, -0.1) is 0 Å². The van der Waals surface area contributed by atoms with Gasteiger partial charge in [-0.25, -0.2) is 4.79 Å². The topological polar surface area (TPSA) is 61.8 Å². The number of esters is 2. The average molecular weight is 606 g/mol. The maximum Gasteiger partial charge on any atom is 0.344 e. The van der Waals surface area contributed by atoms with Gasteiger partial charge in [-0.2, -0.15) is 0 Å². The molecule has 0 bridgehead atoms. The van der Waals surface area contributed by atoms with Crippen molar-refractivity contribution in [3.63, 3.8) is 0 Å². The molecule has 0 aliphatic rings. The van der Waals surface area contributed by atoms with Crippen LogP contribution in [0.15, 0.2) is 93.5 Å². The molecule has 0 aromatic heterocycles. The normalized spacial score (nSPS) is 12.6. The highest BCUT2D eigenvalue weighted by Crippen LogP contribution is 2.32. The Morgan fingerprint density at radius 1 is 0.771 bits per heavy atom. The molecular weight excluding hydrogens is 575 g/mol. The van der Waals surface area contributed by atoms with Crippen LogP contribution in [0.25, 0.3) is 0 Å². The molecule has 0 saturated heterocycles. The molecule has 0 amide bonds. The summed E-state index contributed by atoms with van der Waals surface area (Å²) < 4.78 is 15.4. The second-order valence-electron chi connectivity index (χ2n) is 8.11. The molecule has 0 aliphatic carbocycles. The van der Waals surface area contributed by atoms with Crippen molar-refractivity contribution in [1.82, 2.24) is 0 Å². The van der Waals surface area contributed by atoms with Gasteiger partial charge >= 0.3 is 11.9 Å². The van der Waals surface area contributed by atoms with Crippen molar-refractivity contribution in [2.75, 3.05) is 19.8 Å². The van der Waals surface area contributed by atoms with Gasteiger partial charge in [0.25, 0.3) is 0 Å². The highest BCUT2D eigenvalue weighted by molar-refractivity contribution is 14.1. The summed E-state index contributed by atoms with van der Waals surface area (Å²) in [6, 6.07) is 27.1. The van der Waals surface area contributed by atoms with Gasteiger partial charge in [-0.3, -0.25) is 4.79 Å². The van der Waals surface area contributed by atoms with Crippen LogP contribution in [0.1, 0.15) is 32.3 Å². The molecule has 0 radical (unpaired) electrons. The van der Waals surface area contributed by atoms with Crippen molar-refractivity contribution in [2.24, 2.45) is 0 Å². The number of hydrogen-bond donors (Lipinski definition) is 0. The van der Waals surface area contributed by atoms with Gasteiger partial charge in [0.1, 0.15) is 22.9 Å². The molecule has 35 heavy (non-hydrogen) atoms. The Morgan fingerprint density at radius 3 is 1.89 bits per heavy atom. The Balaban J connectivity index is 1.62. The van der Waals surface area contributed by atoms with E-state index in [0.29, 0.717) is 11.7 Å². The van der Waals surface area contributed by atoms with Crippen LogP contribution in [-0.2, 0) is 30.0 Å². The molecule has 0 fully saturated rings. The number of alkyl halides is 1. The molecule has 0 heterocycles. The summed E-state index contributed by atoms with van der Waals surface area (Å²) in [5.41, 5.74) is 1.32. The van der Waals surface area contributed by atoms with E-state index in [1.54, 1.807) is 6.92 Å². The molecule has 0 N–H and O–H groups in total. The predicted octanol–water partition coefficient (Wildman–Crippen LogP) is 6.19. The summed E-state index contributed by atoms with van der Waals surface area (Å²) in [4.78, 5) is 27.0. The van der Waals surface area contributed by atoms with E-state index in [4.69, 9.17) is 14.2 Å². The van der Waals surface area contributed by atoms with Crippen LogP contribution in [0.4, 0.5) is 0 Å². The second kappa shape index (κ2) is 13.5. The summed E-state index contributed by atoms with van der Waals surface area (Å²) in [5.74, 6) is 0.230. The van der Waals surface area contributed by atoms with Crippen LogP contribution in [0.2, 0.25) is 0 Å². The monoisotopic (exact) mass is 605 g/mol. The maximum absolute atomic E-state index is 11.9. The highest BCUT2D eigenvalue weighted by Gasteiger charge is 2.28. The standard InChI is InChI=1S/C28H30IO5S/c1-20(2)22-9-13-25(14-10-22)35(24-7-5-4-6-8-24)26-15-11-23(12-16-26)34-19-27(30)32-17-18-33-28(31)21(3)29/h4-16,20-21H,17-19H2,1-3H3/q+1. The number of carbonyl (C=O) groups excluding carboxylic acids is 2. The number of rotatable bonds is 11. The molecule has 3 aromatic rings. The van der Waals surface area contributed by atoms with Crippen molar-refractivity contribution in [3.8, 4) is 5.75 Å². The van der Waals surface area contributed by atoms with Crippen molar-refractivity contribution >= 4 is 45.4 Å². The first kappa shape index (κ1) is 27.1. The zero-order chi connectivity index (χ0) is 25.2. The smallest absolute Gasteiger partial charge is 0.344 e. The molecule has 3 aromatic carbocycles. The van der Waals surface area contributed by atoms with Crippen molar-refractivity contribution in [2.45, 2.75) is 45.3 Å². The quantitative estimate of drug-likeness (QED) is 0.0858. The third-order valence-electron chi connectivity index (χ3n) is 5.09. The fraction of sp³-hybridized carbons (Fsp3) is 0.286. The first-order chi connectivity index (χ1) is 16.8. The zero-order valence-corrected chi connectivity index (χ0v) is 23.1. The minimum atomic E-state index is -0.512. The fourth-order valence-electron chi connectivity index (χ4n) is 3.22. The number of ether oxygens (including phenoxy) is 3. The summed E-state index contributed by atoms with van der Waals surface area (Å²) in [6.07, 6.45) is 0. The molecule has 0 aliphatic heterocycles. The number of carbonyl (C=O) groups is 2. The van der Waals surface area contributed by atoms with Crippen LogP contribution >= 0.6 is 22.6 Å². The van der Waals surface area contributed by atoms with Crippen molar-refractivity contribution in [1.29, 1.82) is 0 Å². The van der Waals surface area contributed by atoms with Gasteiger partial charge in [0.05, 0.1) is 10.9 Å². The molecular formula is C28H30IO5S+. The van der Waals surface area contributed by atoms with Gasteiger partial charge in [0.2, 0.25) is 0 Å². The van der Waals surface area contributed by atoms with E-state index in [-0.39, 0.29) is 40.6 Å². The van der Waals surface area contributed by atoms with Crippen LogP contribution < -0.4 is 4.74 Å². The minimum Gasteiger partial charge on any atom is -0.482 e. The SMILES string of the molecule is CC(I)C(=O)OCCOC(=O)COc1ccc([S+](c2ccccc2)c2ccc(C(C)C)cc2)cc1. The Hall–Kier alpha value is -2.52. The van der Waals surface area contributed by atoms with E-state index < -0.39 is 5.97 Å². The van der Waals surface area contributed by atoms with Crippen LogP contribution in [0.3, 0.4) is 0 Å². The van der Waals surface area contributed by atoms with E-state index in [1.165, 1.54) is 15.4 Å². The largest absolute Gasteiger partial charge is 0.482 e. The van der Waals surface area contributed by atoms with Gasteiger partial charge in [0.15, 0.2) is 21.3 Å². The molecule has 2 atom stereocenters. The molecule has 2 unspecified atom stereocenters. The number of hydrogen-bond acceptors (Lipinski definition) is 5. The summed E-state index contributed by atoms with van der Waals surface area (Å²) in [6.45, 7) is 5.96. The second-order valence-corrected chi connectivity index (χ2v) is 12.0. The van der Waals surface area contributed by atoms with Gasteiger partial charge in [-0.1, -0.05) is 66.8 Å². The Bertz CT molecular complexity index is 1080. The molecule has 7 heteroatoms. The van der Waals surface area contributed by atoms with Crippen LogP contribution in [-0.4, -0.2) is 35.7 Å². The van der Waals surface area contributed by atoms with Crippen molar-refractivity contribution in [3.05, 3.63) is 84.4 Å². The van der Waals surface area contributed by atoms with Gasteiger partial charge < -0.3 is 14.2 Å². The fourth-order valence-corrected chi connectivity index (χ4v) is 5.46. The summed E-state index contributed by atoms with van der Waals surface area (Å²) in [7, 11) is -0.259. The lowest BCUT2D eigenvalue weighted by Crippen LogP contribution is -2.20. The lowest BCUT2D eigenvalue weighted by atomic mass is 10.0. The zero-order valence-electron chi connectivity index (χ0n) is 20.1. The third kappa shape index (κ3) is 8.28. The van der Waals surface area contributed by atoms with E-state index in [9.17, 15) is 9.59 Å². The lowest BCUT2D eigenvalue weighted by Gasteiger charge is -2.11. The van der Waals surface area contributed by atoms with E-state index in [0.717, 1.165) is 4.90 Å². The lowest BCUT2D eigenvalue weighted by molar-refractivity contribution is -0.152.